The molecular formula is C20H17N2O5-. The molecule has 1 aliphatic carbocycles. The van der Waals surface area contributed by atoms with Crippen molar-refractivity contribution in [3.05, 3.63) is 75.4 Å². The minimum absolute atomic E-state index is 0.00297. The molecule has 0 fully saturated rings. The maximum atomic E-state index is 11.3. The molecule has 3 atom stereocenters. The summed E-state index contributed by atoms with van der Waals surface area (Å²) in [6.07, 6.45) is 4.99. The number of hydrogen-bond acceptors (Lipinski definition) is 6. The number of carbonyl (C=O) groups is 1. The Morgan fingerprint density at radius 1 is 1.26 bits per heavy atom. The maximum absolute atomic E-state index is 11.3. The molecule has 7 heteroatoms. The van der Waals surface area contributed by atoms with Crippen molar-refractivity contribution in [2.75, 3.05) is 12.4 Å². The van der Waals surface area contributed by atoms with Gasteiger partial charge in [-0.1, -0.05) is 36.4 Å². The number of hydrogen-bond donors (Lipinski definition) is 1. The summed E-state index contributed by atoms with van der Waals surface area (Å²) in [4.78, 5) is 21.9. The molecule has 138 valence electrons. The minimum atomic E-state index is -1.21. The third kappa shape index (κ3) is 2.81. The number of nitro groups is 1. The first kappa shape index (κ1) is 17.1. The van der Waals surface area contributed by atoms with Gasteiger partial charge in [0.25, 0.3) is 5.69 Å². The predicted molar refractivity (Wildman–Crippen MR) is 96.8 cm³/mol. The van der Waals surface area contributed by atoms with Gasteiger partial charge in [-0.15, -0.1) is 0 Å². The average molecular weight is 365 g/mol. The summed E-state index contributed by atoms with van der Waals surface area (Å²) in [6.45, 7) is 0. The van der Waals surface area contributed by atoms with E-state index >= 15 is 0 Å². The molecule has 7 nitrogen and oxygen atoms in total. The van der Waals surface area contributed by atoms with Gasteiger partial charge in [-0.05, 0) is 29.0 Å². The first-order valence-corrected chi connectivity index (χ1v) is 8.60. The standard InChI is InChI=1S/C20H18N2O5/c1-27-17-10-13(22(25)26)9-16-14-3-2-4-15(14)18(21-19(16)17)11-5-7-12(8-6-11)20(23)24/h2-3,5-10,14-15,18,21H,4H2,1H3,(H,23,24)/p-1/t14-,15-,18-/m0/s1. The lowest BCUT2D eigenvalue weighted by molar-refractivity contribution is -0.385. The largest absolute Gasteiger partial charge is 0.545 e. The van der Waals surface area contributed by atoms with Crippen LogP contribution in [0.25, 0.3) is 0 Å². The van der Waals surface area contributed by atoms with Crippen molar-refractivity contribution < 1.29 is 19.6 Å². The lowest BCUT2D eigenvalue weighted by Gasteiger charge is -2.38. The van der Waals surface area contributed by atoms with E-state index in [2.05, 4.69) is 17.5 Å². The van der Waals surface area contributed by atoms with Gasteiger partial charge in [-0.2, -0.15) is 0 Å². The Morgan fingerprint density at radius 3 is 2.63 bits per heavy atom. The van der Waals surface area contributed by atoms with Crippen molar-refractivity contribution >= 4 is 17.3 Å². The molecule has 2 aromatic carbocycles. The van der Waals surface area contributed by atoms with E-state index in [-0.39, 0.29) is 29.1 Å². The summed E-state index contributed by atoms with van der Waals surface area (Å²) in [6, 6.07) is 9.58. The fourth-order valence-electron chi connectivity index (χ4n) is 4.07. The number of nitrogens with one attached hydrogen (secondary N) is 1. The van der Waals surface area contributed by atoms with Crippen LogP contribution >= 0.6 is 0 Å². The molecule has 0 spiro atoms. The van der Waals surface area contributed by atoms with Crippen LogP contribution in [0.2, 0.25) is 0 Å². The van der Waals surface area contributed by atoms with Crippen LogP contribution in [0, 0.1) is 16.0 Å². The van der Waals surface area contributed by atoms with Crippen LogP contribution < -0.4 is 15.2 Å². The average Bonchev–Trinajstić information content (AvgIpc) is 3.16. The van der Waals surface area contributed by atoms with Crippen LogP contribution in [0.5, 0.6) is 5.75 Å². The van der Waals surface area contributed by atoms with Crippen LogP contribution in [0.15, 0.2) is 48.6 Å². The number of rotatable bonds is 4. The molecule has 1 N–H and O–H groups in total. The van der Waals surface area contributed by atoms with Gasteiger partial charge in [-0.25, -0.2) is 0 Å². The molecule has 0 saturated carbocycles. The second-order valence-electron chi connectivity index (χ2n) is 6.75. The highest BCUT2D eigenvalue weighted by Crippen LogP contribution is 2.53. The second kappa shape index (κ2) is 6.42. The van der Waals surface area contributed by atoms with Crippen molar-refractivity contribution in [3.8, 4) is 5.75 Å². The predicted octanol–water partition coefficient (Wildman–Crippen LogP) is 2.79. The lowest BCUT2D eigenvalue weighted by Crippen LogP contribution is -2.29. The van der Waals surface area contributed by atoms with Crippen molar-refractivity contribution in [3.63, 3.8) is 0 Å². The Kier molecular flexibility index (Phi) is 4.07. The number of benzene rings is 2. The number of carbonyl (C=O) groups excluding carboxylic acids is 1. The van der Waals surface area contributed by atoms with Gasteiger partial charge < -0.3 is 20.0 Å². The number of aromatic carboxylic acids is 1. The summed E-state index contributed by atoms with van der Waals surface area (Å²) < 4.78 is 5.41. The smallest absolute Gasteiger partial charge is 0.273 e. The lowest BCUT2D eigenvalue weighted by atomic mass is 9.76. The van der Waals surface area contributed by atoms with E-state index in [1.54, 1.807) is 18.2 Å². The van der Waals surface area contributed by atoms with Gasteiger partial charge in [0, 0.05) is 12.0 Å². The maximum Gasteiger partial charge on any atom is 0.273 e. The Morgan fingerprint density at radius 2 is 2.00 bits per heavy atom. The molecule has 0 bridgehead atoms. The van der Waals surface area contributed by atoms with E-state index < -0.39 is 10.9 Å². The number of nitrogens with zero attached hydrogens (tertiary/aromatic N) is 1. The monoisotopic (exact) mass is 365 g/mol. The Labute approximate surface area is 155 Å². The van der Waals surface area contributed by atoms with Crippen molar-refractivity contribution in [1.82, 2.24) is 0 Å². The van der Waals surface area contributed by atoms with Crippen LogP contribution in [0.4, 0.5) is 11.4 Å². The van der Waals surface area contributed by atoms with Gasteiger partial charge in [0.15, 0.2) is 0 Å². The van der Waals surface area contributed by atoms with E-state index in [1.807, 2.05) is 0 Å². The zero-order chi connectivity index (χ0) is 19.1. The Balaban J connectivity index is 1.79. The van der Waals surface area contributed by atoms with E-state index in [4.69, 9.17) is 4.74 Å². The van der Waals surface area contributed by atoms with Crippen molar-refractivity contribution in [2.24, 2.45) is 5.92 Å². The Hall–Kier alpha value is -3.35. The summed E-state index contributed by atoms with van der Waals surface area (Å²) in [7, 11) is 1.49. The SMILES string of the molecule is COc1cc([N+](=O)[O-])cc2c1N[C@@H](c1ccc(C(=O)[O-])cc1)[C@H]1CC=C[C@H]21. The number of ether oxygens (including phenoxy) is 1. The first-order valence-electron chi connectivity index (χ1n) is 8.60. The highest BCUT2D eigenvalue weighted by atomic mass is 16.6. The molecule has 2 aromatic rings. The normalized spacial score (nSPS) is 22.5. The number of anilines is 1. The van der Waals surface area contributed by atoms with Crippen LogP contribution in [0.3, 0.4) is 0 Å². The molecule has 0 radical (unpaired) electrons. The fourth-order valence-corrected chi connectivity index (χ4v) is 4.07. The number of non-ortho nitro benzene ring substituents is 1. The third-order valence-corrected chi connectivity index (χ3v) is 5.35. The third-order valence-electron chi connectivity index (χ3n) is 5.35. The van der Waals surface area contributed by atoms with Gasteiger partial charge in [0.05, 0.1) is 35.8 Å². The van der Waals surface area contributed by atoms with Crippen LogP contribution in [0.1, 0.15) is 39.9 Å². The molecule has 0 unspecified atom stereocenters. The van der Waals surface area contributed by atoms with Gasteiger partial charge >= 0.3 is 0 Å². The van der Waals surface area contributed by atoms with E-state index in [0.29, 0.717) is 5.75 Å². The van der Waals surface area contributed by atoms with Crippen LogP contribution in [-0.4, -0.2) is 18.0 Å². The topological polar surface area (TPSA) is 105 Å². The molecule has 2 aliphatic rings. The summed E-state index contributed by atoms with van der Waals surface area (Å²) in [5, 5.41) is 25.7. The highest BCUT2D eigenvalue weighted by molar-refractivity contribution is 5.85. The molecule has 0 aromatic heterocycles. The number of methoxy groups -OCH3 is 1. The zero-order valence-electron chi connectivity index (χ0n) is 14.5. The molecule has 1 heterocycles. The molecular weight excluding hydrogens is 348 g/mol. The van der Waals surface area contributed by atoms with E-state index in [9.17, 15) is 20.0 Å². The van der Waals surface area contributed by atoms with Crippen molar-refractivity contribution in [2.45, 2.75) is 18.4 Å². The zero-order valence-corrected chi connectivity index (χ0v) is 14.5. The van der Waals surface area contributed by atoms with E-state index in [0.717, 1.165) is 23.2 Å². The Bertz CT molecular complexity index is 952. The first-order chi connectivity index (χ1) is 13.0. The van der Waals surface area contributed by atoms with Gasteiger partial charge in [0.2, 0.25) is 0 Å². The summed E-state index contributed by atoms with van der Waals surface area (Å²) >= 11 is 0. The molecule has 1 aliphatic heterocycles. The number of fused-ring (bicyclic) bond motifs is 3. The number of nitro benzene ring substituents is 1. The number of carboxylic acid groups (broad SMARTS) is 1. The van der Waals surface area contributed by atoms with Crippen LogP contribution in [-0.2, 0) is 0 Å². The van der Waals surface area contributed by atoms with Gasteiger partial charge in [0.1, 0.15) is 5.75 Å². The van der Waals surface area contributed by atoms with E-state index in [1.165, 1.54) is 25.3 Å². The molecule has 4 rings (SSSR count). The molecule has 0 saturated heterocycles. The number of allylic oxidation sites excluding steroid dienone is 2. The highest BCUT2D eigenvalue weighted by Gasteiger charge is 2.40. The second-order valence-corrected chi connectivity index (χ2v) is 6.75. The summed E-state index contributed by atoms with van der Waals surface area (Å²) in [5.41, 5.74) is 2.67. The fraction of sp³-hybridized carbons (Fsp3) is 0.250. The summed E-state index contributed by atoms with van der Waals surface area (Å²) in [5.74, 6) is -0.578. The molecule has 27 heavy (non-hydrogen) atoms. The molecule has 0 amide bonds. The quantitative estimate of drug-likeness (QED) is 0.507. The van der Waals surface area contributed by atoms with Gasteiger partial charge in [-0.3, -0.25) is 10.1 Å². The minimum Gasteiger partial charge on any atom is -0.545 e. The number of carboxylic acids is 1. The van der Waals surface area contributed by atoms with Crippen molar-refractivity contribution in [1.29, 1.82) is 0 Å².